The fourth-order valence-corrected chi connectivity index (χ4v) is 2.95. The second-order valence-corrected chi connectivity index (χ2v) is 7.36. The molecule has 0 radical (unpaired) electrons. The van der Waals surface area contributed by atoms with Crippen molar-refractivity contribution in [1.82, 2.24) is 10.6 Å². The number of rotatable bonds is 6. The van der Waals surface area contributed by atoms with Crippen LogP contribution in [0.1, 0.15) is 53.9 Å². The highest BCUT2D eigenvalue weighted by molar-refractivity contribution is 5.98. The molecule has 29 heavy (non-hydrogen) atoms. The van der Waals surface area contributed by atoms with E-state index in [9.17, 15) is 22.8 Å². The molecule has 4 nitrogen and oxygen atoms in total. The molecule has 0 fully saturated rings. The molecule has 2 aromatic rings. The molecule has 0 unspecified atom stereocenters. The summed E-state index contributed by atoms with van der Waals surface area (Å²) < 4.78 is 38.8. The molecule has 7 heteroatoms. The molecule has 0 aliphatic rings. The van der Waals surface area contributed by atoms with E-state index in [0.29, 0.717) is 11.1 Å². The number of carbonyl (C=O) groups excluding carboxylic acids is 2. The summed E-state index contributed by atoms with van der Waals surface area (Å²) in [5.41, 5.74) is 0.812. The summed E-state index contributed by atoms with van der Waals surface area (Å²) in [6.45, 7) is 6.98. The molecule has 0 heterocycles. The van der Waals surface area contributed by atoms with Gasteiger partial charge in [0.05, 0.1) is 11.6 Å². The van der Waals surface area contributed by atoms with Crippen molar-refractivity contribution in [1.29, 1.82) is 0 Å². The van der Waals surface area contributed by atoms with Crippen molar-refractivity contribution in [3.63, 3.8) is 0 Å². The monoisotopic (exact) mass is 406 g/mol. The lowest BCUT2D eigenvalue weighted by Gasteiger charge is -2.25. The third kappa shape index (κ3) is 5.82. The van der Waals surface area contributed by atoms with Gasteiger partial charge in [0.1, 0.15) is 6.04 Å². The summed E-state index contributed by atoms with van der Waals surface area (Å²) in [7, 11) is 0. The van der Waals surface area contributed by atoms with Crippen LogP contribution in [0, 0.1) is 12.8 Å². The van der Waals surface area contributed by atoms with Crippen LogP contribution in [-0.2, 0) is 11.0 Å². The number of nitrogens with one attached hydrogen (secondary N) is 2. The Balaban J connectivity index is 2.13. The van der Waals surface area contributed by atoms with E-state index in [0.717, 1.165) is 17.7 Å². The minimum absolute atomic E-state index is 0.211. The summed E-state index contributed by atoms with van der Waals surface area (Å²) in [5, 5.41) is 5.44. The number of amides is 2. The van der Waals surface area contributed by atoms with Crippen molar-refractivity contribution in [2.24, 2.45) is 5.92 Å². The SMILES string of the molecule is Cc1ccccc1C(=O)N[C@H](C(=O)N[C@@H](C)c1cccc(C(F)(F)F)c1)C(C)C. The lowest BCUT2D eigenvalue weighted by atomic mass is 10.00. The van der Waals surface area contributed by atoms with Gasteiger partial charge in [-0.15, -0.1) is 0 Å². The van der Waals surface area contributed by atoms with E-state index in [2.05, 4.69) is 10.6 Å². The van der Waals surface area contributed by atoms with Crippen LogP contribution < -0.4 is 10.6 Å². The first-order valence-electron chi connectivity index (χ1n) is 9.34. The maximum absolute atomic E-state index is 12.9. The van der Waals surface area contributed by atoms with E-state index in [1.807, 2.05) is 6.07 Å². The first kappa shape index (κ1) is 22.5. The third-order valence-electron chi connectivity index (χ3n) is 4.70. The molecule has 0 saturated heterocycles. The Morgan fingerprint density at radius 2 is 1.59 bits per heavy atom. The minimum atomic E-state index is -4.46. The van der Waals surface area contributed by atoms with E-state index >= 15 is 0 Å². The molecule has 2 amide bonds. The summed E-state index contributed by atoms with van der Waals surface area (Å²) in [6, 6.07) is 10.4. The highest BCUT2D eigenvalue weighted by atomic mass is 19.4. The molecule has 2 aromatic carbocycles. The zero-order valence-corrected chi connectivity index (χ0v) is 16.8. The number of benzene rings is 2. The smallest absolute Gasteiger partial charge is 0.348 e. The standard InChI is InChI=1S/C22H25F3N2O2/c1-13(2)19(27-20(28)18-11-6-5-8-14(18)3)21(29)26-15(4)16-9-7-10-17(12-16)22(23,24)25/h5-13,15,19H,1-4H3,(H,26,29)(H,27,28)/t15-,19-/m0/s1. The number of hydrogen-bond donors (Lipinski definition) is 2. The number of aryl methyl sites for hydroxylation is 1. The Bertz CT molecular complexity index is 878. The van der Waals surface area contributed by atoms with E-state index in [-0.39, 0.29) is 11.8 Å². The van der Waals surface area contributed by atoms with Gasteiger partial charge in [-0.1, -0.05) is 44.2 Å². The fourth-order valence-electron chi connectivity index (χ4n) is 2.95. The van der Waals surface area contributed by atoms with Crippen LogP contribution in [0.2, 0.25) is 0 Å². The Labute approximate surface area is 168 Å². The Morgan fingerprint density at radius 1 is 0.931 bits per heavy atom. The first-order valence-corrected chi connectivity index (χ1v) is 9.34. The maximum atomic E-state index is 12.9. The van der Waals surface area contributed by atoms with E-state index in [4.69, 9.17) is 0 Å². The van der Waals surface area contributed by atoms with Crippen molar-refractivity contribution in [3.05, 3.63) is 70.8 Å². The lowest BCUT2D eigenvalue weighted by molar-refractivity contribution is -0.137. The summed E-state index contributed by atoms with van der Waals surface area (Å²) in [6.07, 6.45) is -4.46. The van der Waals surface area contributed by atoms with Crippen molar-refractivity contribution in [2.45, 2.75) is 46.0 Å². The Hall–Kier alpha value is -2.83. The van der Waals surface area contributed by atoms with Crippen LogP contribution >= 0.6 is 0 Å². The number of hydrogen-bond acceptors (Lipinski definition) is 2. The van der Waals surface area contributed by atoms with Crippen molar-refractivity contribution in [2.75, 3.05) is 0 Å². The van der Waals surface area contributed by atoms with Crippen molar-refractivity contribution in [3.8, 4) is 0 Å². The van der Waals surface area contributed by atoms with Crippen LogP contribution in [-0.4, -0.2) is 17.9 Å². The van der Waals surface area contributed by atoms with E-state index in [1.165, 1.54) is 12.1 Å². The van der Waals surface area contributed by atoms with Gasteiger partial charge in [0.2, 0.25) is 5.91 Å². The van der Waals surface area contributed by atoms with E-state index in [1.54, 1.807) is 45.9 Å². The van der Waals surface area contributed by atoms with Gasteiger partial charge in [0.25, 0.3) is 5.91 Å². The van der Waals surface area contributed by atoms with Gasteiger partial charge in [-0.25, -0.2) is 0 Å². The molecule has 0 aliphatic carbocycles. The van der Waals surface area contributed by atoms with Crippen molar-refractivity contribution < 1.29 is 22.8 Å². The number of halogens is 3. The van der Waals surface area contributed by atoms with Gasteiger partial charge in [-0.2, -0.15) is 13.2 Å². The van der Waals surface area contributed by atoms with Gasteiger partial charge < -0.3 is 10.6 Å². The average Bonchev–Trinajstić information content (AvgIpc) is 2.65. The molecular formula is C22H25F3N2O2. The van der Waals surface area contributed by atoms with Gasteiger partial charge in [0.15, 0.2) is 0 Å². The van der Waals surface area contributed by atoms with E-state index < -0.39 is 29.7 Å². The molecule has 2 N–H and O–H groups in total. The Kier molecular flexibility index (Phi) is 7.06. The topological polar surface area (TPSA) is 58.2 Å². The number of alkyl halides is 3. The Morgan fingerprint density at radius 3 is 2.17 bits per heavy atom. The fraction of sp³-hybridized carbons (Fsp3) is 0.364. The summed E-state index contributed by atoms with van der Waals surface area (Å²) >= 11 is 0. The van der Waals surface area contributed by atoms with Gasteiger partial charge in [-0.05, 0) is 49.1 Å². The molecule has 0 saturated carbocycles. The quantitative estimate of drug-likeness (QED) is 0.734. The summed E-state index contributed by atoms with van der Waals surface area (Å²) in [4.78, 5) is 25.3. The average molecular weight is 406 g/mol. The van der Waals surface area contributed by atoms with Crippen LogP contribution in [0.15, 0.2) is 48.5 Å². The third-order valence-corrected chi connectivity index (χ3v) is 4.70. The van der Waals surface area contributed by atoms with Gasteiger partial charge in [0, 0.05) is 5.56 Å². The zero-order chi connectivity index (χ0) is 21.8. The molecule has 0 aliphatic heterocycles. The van der Waals surface area contributed by atoms with Crippen LogP contribution in [0.4, 0.5) is 13.2 Å². The van der Waals surface area contributed by atoms with Crippen LogP contribution in [0.3, 0.4) is 0 Å². The number of carbonyl (C=O) groups is 2. The summed E-state index contributed by atoms with van der Waals surface area (Å²) in [5.74, 6) is -1.04. The largest absolute Gasteiger partial charge is 0.416 e. The normalized spacial score (nSPS) is 13.7. The minimum Gasteiger partial charge on any atom is -0.348 e. The first-order chi connectivity index (χ1) is 13.5. The molecule has 0 spiro atoms. The molecule has 2 rings (SSSR count). The zero-order valence-electron chi connectivity index (χ0n) is 16.8. The highest BCUT2D eigenvalue weighted by Crippen LogP contribution is 2.30. The predicted molar refractivity (Wildman–Crippen MR) is 105 cm³/mol. The second kappa shape index (κ2) is 9.11. The predicted octanol–water partition coefficient (Wildman–Crippen LogP) is 4.65. The lowest BCUT2D eigenvalue weighted by Crippen LogP contribution is -2.50. The second-order valence-electron chi connectivity index (χ2n) is 7.36. The van der Waals surface area contributed by atoms with Crippen molar-refractivity contribution >= 4 is 11.8 Å². The maximum Gasteiger partial charge on any atom is 0.416 e. The molecule has 0 aromatic heterocycles. The highest BCUT2D eigenvalue weighted by Gasteiger charge is 2.31. The molecule has 0 bridgehead atoms. The van der Waals surface area contributed by atoms with Gasteiger partial charge >= 0.3 is 6.18 Å². The van der Waals surface area contributed by atoms with Crippen LogP contribution in [0.5, 0.6) is 0 Å². The molecule has 156 valence electrons. The molecular weight excluding hydrogens is 381 g/mol. The van der Waals surface area contributed by atoms with Gasteiger partial charge in [-0.3, -0.25) is 9.59 Å². The molecule has 2 atom stereocenters. The van der Waals surface area contributed by atoms with Crippen LogP contribution in [0.25, 0.3) is 0 Å².